The fourth-order valence-electron chi connectivity index (χ4n) is 1.65. The summed E-state index contributed by atoms with van der Waals surface area (Å²) in [4.78, 5) is 56.6. The summed E-state index contributed by atoms with van der Waals surface area (Å²) in [6.45, 7) is -2.32. The van der Waals surface area contributed by atoms with Crippen molar-refractivity contribution in [3.63, 3.8) is 0 Å². The van der Waals surface area contributed by atoms with Crippen LogP contribution in [0.4, 0.5) is 0 Å². The number of carbonyl (C=O) groups is 5. The number of nitrogens with two attached hydrogens (primary N) is 1. The van der Waals surface area contributed by atoms with E-state index in [4.69, 9.17) is 26.2 Å². The van der Waals surface area contributed by atoms with Crippen LogP contribution in [0.25, 0.3) is 0 Å². The highest BCUT2D eigenvalue weighted by Gasteiger charge is 2.28. The van der Waals surface area contributed by atoms with E-state index in [1.165, 1.54) is 0 Å². The molecule has 0 unspecified atom stereocenters. The van der Waals surface area contributed by atoms with Crippen LogP contribution in [-0.2, 0) is 24.0 Å². The second-order valence-electron chi connectivity index (χ2n) is 5.14. The van der Waals surface area contributed by atoms with Crippen LogP contribution in [0.5, 0.6) is 0 Å². The molecule has 0 aliphatic carbocycles. The summed E-state index contributed by atoms with van der Waals surface area (Å²) in [7, 11) is 0. The van der Waals surface area contributed by atoms with Gasteiger partial charge in [-0.25, -0.2) is 0 Å². The van der Waals surface area contributed by atoms with E-state index >= 15 is 0 Å². The molecule has 0 rings (SSSR count). The molecule has 0 radical (unpaired) electrons. The number of nitrogens with one attached hydrogen (secondary N) is 3. The van der Waals surface area contributed by atoms with E-state index in [-0.39, 0.29) is 6.42 Å². The number of hydrogen-bond acceptors (Lipinski definition) is 8. The molecule has 148 valence electrons. The maximum atomic E-state index is 12.2. The first-order valence-corrected chi connectivity index (χ1v) is 7.41. The zero-order valence-electron chi connectivity index (χ0n) is 13.7. The number of hydrogen-bond donors (Lipinski definition) is 8. The summed E-state index contributed by atoms with van der Waals surface area (Å²) < 4.78 is 0. The Morgan fingerprint density at radius 1 is 0.808 bits per heavy atom. The van der Waals surface area contributed by atoms with Crippen molar-refractivity contribution in [3.8, 4) is 0 Å². The van der Waals surface area contributed by atoms with Crippen LogP contribution in [-0.4, -0.2) is 88.0 Å². The van der Waals surface area contributed by atoms with Crippen molar-refractivity contribution >= 4 is 29.7 Å². The molecule has 0 aromatic rings. The third-order valence-electron chi connectivity index (χ3n) is 3.04. The van der Waals surface area contributed by atoms with Gasteiger partial charge in [-0.15, -0.1) is 0 Å². The van der Waals surface area contributed by atoms with E-state index in [9.17, 15) is 24.0 Å². The second kappa shape index (κ2) is 11.7. The van der Waals surface area contributed by atoms with E-state index in [1.54, 1.807) is 0 Å². The highest BCUT2D eigenvalue weighted by Crippen LogP contribution is 2.00. The summed E-state index contributed by atoms with van der Waals surface area (Å²) >= 11 is 0. The van der Waals surface area contributed by atoms with Crippen molar-refractivity contribution in [2.45, 2.75) is 31.0 Å². The lowest BCUT2D eigenvalue weighted by molar-refractivity contribution is -0.139. The molecule has 0 aromatic carbocycles. The third-order valence-corrected chi connectivity index (χ3v) is 3.04. The Bertz CT molecular complexity index is 540. The van der Waals surface area contributed by atoms with Crippen LogP contribution < -0.4 is 21.7 Å². The first kappa shape index (κ1) is 23.2. The van der Waals surface area contributed by atoms with Gasteiger partial charge in [-0.2, -0.15) is 0 Å². The molecular weight excluding hydrogens is 356 g/mol. The maximum absolute atomic E-state index is 12.2. The Morgan fingerprint density at radius 2 is 1.38 bits per heavy atom. The quantitative estimate of drug-likeness (QED) is 0.162. The molecule has 26 heavy (non-hydrogen) atoms. The summed E-state index contributed by atoms with van der Waals surface area (Å²) in [6.07, 6.45) is -0.846. The van der Waals surface area contributed by atoms with Gasteiger partial charge >= 0.3 is 11.9 Å². The largest absolute Gasteiger partial charge is 0.481 e. The lowest BCUT2D eigenvalue weighted by Gasteiger charge is -2.22. The van der Waals surface area contributed by atoms with Gasteiger partial charge < -0.3 is 42.1 Å². The van der Waals surface area contributed by atoms with E-state index in [1.807, 2.05) is 5.32 Å². The summed E-state index contributed by atoms with van der Waals surface area (Å²) in [5.74, 6) is -5.49. The van der Waals surface area contributed by atoms with E-state index in [0.29, 0.717) is 0 Å². The Hall–Kier alpha value is -2.77. The van der Waals surface area contributed by atoms with Crippen molar-refractivity contribution in [1.82, 2.24) is 16.0 Å². The van der Waals surface area contributed by atoms with Gasteiger partial charge in [-0.05, 0) is 6.42 Å². The zero-order chi connectivity index (χ0) is 20.3. The minimum Gasteiger partial charge on any atom is -0.481 e. The SMILES string of the molecule is N[C@@H](CO)C(=O)N[C@@H](CCC(=O)O)C(=O)N[C@@H](CO)C(=O)NCC(=O)O. The molecule has 0 fully saturated rings. The molecule has 9 N–H and O–H groups in total. The van der Waals surface area contributed by atoms with Gasteiger partial charge in [0.15, 0.2) is 0 Å². The van der Waals surface area contributed by atoms with Crippen molar-refractivity contribution in [1.29, 1.82) is 0 Å². The van der Waals surface area contributed by atoms with Gasteiger partial charge in [-0.1, -0.05) is 0 Å². The van der Waals surface area contributed by atoms with E-state index < -0.39 is 74.0 Å². The van der Waals surface area contributed by atoms with Crippen LogP contribution in [0.2, 0.25) is 0 Å². The van der Waals surface area contributed by atoms with Crippen LogP contribution in [0.3, 0.4) is 0 Å². The summed E-state index contributed by atoms with van der Waals surface area (Å²) in [5, 5.41) is 41.3. The van der Waals surface area contributed by atoms with Crippen molar-refractivity contribution in [3.05, 3.63) is 0 Å². The highest BCUT2D eigenvalue weighted by molar-refractivity contribution is 5.93. The van der Waals surface area contributed by atoms with Crippen LogP contribution >= 0.6 is 0 Å². The van der Waals surface area contributed by atoms with Gasteiger partial charge in [-0.3, -0.25) is 24.0 Å². The highest BCUT2D eigenvalue weighted by atomic mass is 16.4. The van der Waals surface area contributed by atoms with Crippen molar-refractivity contribution < 1.29 is 44.4 Å². The monoisotopic (exact) mass is 378 g/mol. The minimum atomic E-state index is -1.52. The maximum Gasteiger partial charge on any atom is 0.322 e. The number of carbonyl (C=O) groups excluding carboxylic acids is 3. The molecule has 13 nitrogen and oxygen atoms in total. The van der Waals surface area contributed by atoms with Crippen LogP contribution in [0, 0.1) is 0 Å². The normalized spacial score (nSPS) is 13.8. The summed E-state index contributed by atoms with van der Waals surface area (Å²) in [6, 6.07) is -4.27. The molecule has 0 bridgehead atoms. The van der Waals surface area contributed by atoms with Gasteiger partial charge in [0, 0.05) is 6.42 Å². The molecule has 0 saturated carbocycles. The number of aliphatic carboxylic acids is 2. The Kier molecular flexibility index (Phi) is 10.5. The topological polar surface area (TPSA) is 228 Å². The van der Waals surface area contributed by atoms with Gasteiger partial charge in [0.05, 0.1) is 13.2 Å². The molecule has 13 heteroatoms. The van der Waals surface area contributed by atoms with Crippen LogP contribution in [0.15, 0.2) is 0 Å². The number of aliphatic hydroxyl groups is 2. The van der Waals surface area contributed by atoms with Gasteiger partial charge in [0.25, 0.3) is 0 Å². The molecule has 0 aliphatic rings. The smallest absolute Gasteiger partial charge is 0.322 e. The Morgan fingerprint density at radius 3 is 1.85 bits per heavy atom. The standard InChI is InChI=1S/C13H22N4O9/c14-6(4-18)11(24)16-7(1-2-9(20)21)13(26)17-8(5-19)12(25)15-3-10(22)23/h6-8,18-19H,1-5,14H2,(H,15,25)(H,16,24)(H,17,26)(H,20,21)(H,22,23)/t6-,7-,8-/m0/s1. The molecule has 3 amide bonds. The first-order valence-electron chi connectivity index (χ1n) is 7.41. The molecule has 0 heterocycles. The lowest BCUT2D eigenvalue weighted by atomic mass is 10.1. The number of amides is 3. The van der Waals surface area contributed by atoms with Gasteiger partial charge in [0.1, 0.15) is 24.7 Å². The molecule has 0 spiro atoms. The van der Waals surface area contributed by atoms with Crippen molar-refractivity contribution in [2.24, 2.45) is 5.73 Å². The molecule has 0 saturated heterocycles. The fraction of sp³-hybridized carbons (Fsp3) is 0.615. The van der Waals surface area contributed by atoms with Crippen LogP contribution in [0.1, 0.15) is 12.8 Å². The Labute approximate surface area is 147 Å². The predicted octanol–water partition coefficient (Wildman–Crippen LogP) is -4.67. The average Bonchev–Trinajstić information content (AvgIpc) is 2.59. The molecule has 3 atom stereocenters. The van der Waals surface area contributed by atoms with E-state index in [2.05, 4.69) is 10.6 Å². The third kappa shape index (κ3) is 8.91. The Balaban J connectivity index is 5.00. The van der Waals surface area contributed by atoms with Gasteiger partial charge in [0.2, 0.25) is 17.7 Å². The average molecular weight is 378 g/mol. The lowest BCUT2D eigenvalue weighted by Crippen LogP contribution is -2.57. The second-order valence-corrected chi connectivity index (χ2v) is 5.14. The predicted molar refractivity (Wildman–Crippen MR) is 83.5 cm³/mol. The zero-order valence-corrected chi connectivity index (χ0v) is 13.7. The van der Waals surface area contributed by atoms with Crippen molar-refractivity contribution in [2.75, 3.05) is 19.8 Å². The fourth-order valence-corrected chi connectivity index (χ4v) is 1.65. The number of rotatable bonds is 12. The number of aliphatic hydroxyl groups excluding tert-OH is 2. The molecule has 0 aliphatic heterocycles. The molecule has 0 aromatic heterocycles. The number of carboxylic acids is 2. The minimum absolute atomic E-state index is 0.347. The summed E-state index contributed by atoms with van der Waals surface area (Å²) in [5.41, 5.74) is 5.29. The van der Waals surface area contributed by atoms with E-state index in [0.717, 1.165) is 0 Å². The first-order chi connectivity index (χ1) is 12.1. The molecular formula is C13H22N4O9. The number of carboxylic acid groups (broad SMARTS) is 2.